The lowest BCUT2D eigenvalue weighted by atomic mass is 10.2. The van der Waals surface area contributed by atoms with E-state index in [1.54, 1.807) is 17.6 Å². The van der Waals surface area contributed by atoms with Gasteiger partial charge in [-0.15, -0.1) is 23.1 Å². The first kappa shape index (κ1) is 13.8. The maximum absolute atomic E-state index is 11.6. The van der Waals surface area contributed by atoms with Gasteiger partial charge in [0.15, 0.2) is 0 Å². The van der Waals surface area contributed by atoms with Crippen LogP contribution in [0.3, 0.4) is 0 Å². The van der Waals surface area contributed by atoms with Crippen molar-refractivity contribution in [2.45, 2.75) is 11.8 Å². The topological polar surface area (TPSA) is 41.5 Å². The van der Waals surface area contributed by atoms with E-state index in [9.17, 15) is 4.79 Å². The third-order valence-electron chi connectivity index (χ3n) is 2.32. The molecule has 0 radical (unpaired) electrons. The zero-order valence-electron chi connectivity index (χ0n) is 10.5. The standard InChI is InChI=1S/C14H14N2OS2/c1-11-4-6-12(7-5-11)19-10-14(17)16-15-9-13-3-2-8-18-13/h2-9H,10H2,1H3,(H,16,17)/b15-9+. The van der Waals surface area contributed by atoms with Gasteiger partial charge in [-0.25, -0.2) is 5.43 Å². The Balaban J connectivity index is 1.74. The van der Waals surface area contributed by atoms with Gasteiger partial charge in [-0.05, 0) is 30.5 Å². The number of hydrogen-bond donors (Lipinski definition) is 1. The van der Waals surface area contributed by atoms with Crippen LogP contribution in [0.1, 0.15) is 10.4 Å². The molecule has 0 saturated heterocycles. The number of aryl methyl sites for hydroxylation is 1. The Morgan fingerprint density at radius 3 is 2.84 bits per heavy atom. The first-order valence-corrected chi connectivity index (χ1v) is 7.65. The van der Waals surface area contributed by atoms with Gasteiger partial charge in [0.25, 0.3) is 0 Å². The minimum atomic E-state index is -0.0987. The zero-order valence-corrected chi connectivity index (χ0v) is 12.1. The summed E-state index contributed by atoms with van der Waals surface area (Å²) in [5, 5.41) is 5.88. The second-order valence-electron chi connectivity index (χ2n) is 3.91. The summed E-state index contributed by atoms with van der Waals surface area (Å²) in [7, 11) is 0. The van der Waals surface area contributed by atoms with Gasteiger partial charge in [-0.1, -0.05) is 23.8 Å². The first-order chi connectivity index (χ1) is 9.24. The van der Waals surface area contributed by atoms with E-state index in [1.807, 2.05) is 48.7 Å². The van der Waals surface area contributed by atoms with Gasteiger partial charge in [0.2, 0.25) is 5.91 Å². The molecule has 5 heteroatoms. The van der Waals surface area contributed by atoms with Gasteiger partial charge in [0.1, 0.15) is 0 Å². The highest BCUT2D eigenvalue weighted by atomic mass is 32.2. The molecule has 19 heavy (non-hydrogen) atoms. The molecule has 0 atom stereocenters. The van der Waals surface area contributed by atoms with E-state index >= 15 is 0 Å². The third kappa shape index (κ3) is 4.89. The molecule has 2 rings (SSSR count). The monoisotopic (exact) mass is 290 g/mol. The van der Waals surface area contributed by atoms with E-state index in [1.165, 1.54) is 17.3 Å². The quantitative estimate of drug-likeness (QED) is 0.521. The normalized spacial score (nSPS) is 10.8. The fourth-order valence-electron chi connectivity index (χ4n) is 1.35. The molecule has 0 unspecified atom stereocenters. The highest BCUT2D eigenvalue weighted by Gasteiger charge is 2.01. The number of carbonyl (C=O) groups is 1. The van der Waals surface area contributed by atoms with Gasteiger partial charge in [-0.3, -0.25) is 4.79 Å². The molecule has 0 bridgehead atoms. The van der Waals surface area contributed by atoms with Crippen LogP contribution in [-0.2, 0) is 4.79 Å². The Labute approximate surface area is 120 Å². The molecular formula is C14H14N2OS2. The maximum atomic E-state index is 11.6. The highest BCUT2D eigenvalue weighted by Crippen LogP contribution is 2.17. The summed E-state index contributed by atoms with van der Waals surface area (Å²) in [5.41, 5.74) is 3.74. The minimum absolute atomic E-state index is 0.0987. The summed E-state index contributed by atoms with van der Waals surface area (Å²) in [6.07, 6.45) is 1.65. The molecule has 1 amide bonds. The highest BCUT2D eigenvalue weighted by molar-refractivity contribution is 8.00. The van der Waals surface area contributed by atoms with Crippen LogP contribution >= 0.6 is 23.1 Å². The lowest BCUT2D eigenvalue weighted by Crippen LogP contribution is -2.19. The lowest BCUT2D eigenvalue weighted by molar-refractivity contribution is -0.118. The summed E-state index contributed by atoms with van der Waals surface area (Å²) in [6.45, 7) is 2.04. The van der Waals surface area contributed by atoms with E-state index < -0.39 is 0 Å². The summed E-state index contributed by atoms with van der Waals surface area (Å²) in [4.78, 5) is 13.7. The first-order valence-electron chi connectivity index (χ1n) is 5.79. The fourth-order valence-corrected chi connectivity index (χ4v) is 2.62. The van der Waals surface area contributed by atoms with Crippen LogP contribution in [0.4, 0.5) is 0 Å². The molecule has 0 aliphatic heterocycles. The SMILES string of the molecule is Cc1ccc(SCC(=O)N/N=C/c2cccs2)cc1. The van der Waals surface area contributed by atoms with Crippen LogP contribution < -0.4 is 5.43 Å². The predicted molar refractivity (Wildman–Crippen MR) is 82.0 cm³/mol. The van der Waals surface area contributed by atoms with Crippen LogP contribution in [0.5, 0.6) is 0 Å². The number of hydrogen-bond acceptors (Lipinski definition) is 4. The number of rotatable bonds is 5. The number of nitrogens with zero attached hydrogens (tertiary/aromatic N) is 1. The van der Waals surface area contributed by atoms with Crippen molar-refractivity contribution >= 4 is 35.2 Å². The van der Waals surface area contributed by atoms with Crippen LogP contribution in [0, 0.1) is 6.92 Å². The Kier molecular flexibility index (Phi) is 5.18. The molecule has 2 aromatic rings. The van der Waals surface area contributed by atoms with E-state index in [4.69, 9.17) is 0 Å². The summed E-state index contributed by atoms with van der Waals surface area (Å²) in [5.74, 6) is 0.267. The number of thiophene rings is 1. The van der Waals surface area contributed by atoms with E-state index in [0.717, 1.165) is 9.77 Å². The molecule has 1 aromatic heterocycles. The van der Waals surface area contributed by atoms with Crippen LogP contribution in [0.25, 0.3) is 0 Å². The van der Waals surface area contributed by atoms with Crippen LogP contribution in [0.2, 0.25) is 0 Å². The van der Waals surface area contributed by atoms with Crippen molar-refractivity contribution in [3.63, 3.8) is 0 Å². The summed E-state index contributed by atoms with van der Waals surface area (Å²) < 4.78 is 0. The molecule has 3 nitrogen and oxygen atoms in total. The van der Waals surface area contributed by atoms with Crippen LogP contribution in [-0.4, -0.2) is 17.9 Å². The number of hydrazone groups is 1. The van der Waals surface area contributed by atoms with Crippen LogP contribution in [0.15, 0.2) is 51.8 Å². The largest absolute Gasteiger partial charge is 0.272 e. The number of thioether (sulfide) groups is 1. The van der Waals surface area contributed by atoms with Gasteiger partial charge in [0.05, 0.1) is 12.0 Å². The Hall–Kier alpha value is -1.59. The molecule has 0 fully saturated rings. The van der Waals surface area contributed by atoms with E-state index in [2.05, 4.69) is 10.5 Å². The smallest absolute Gasteiger partial charge is 0.250 e. The molecule has 0 aliphatic rings. The summed E-state index contributed by atoms with van der Waals surface area (Å²) >= 11 is 3.08. The molecule has 0 spiro atoms. The second-order valence-corrected chi connectivity index (χ2v) is 5.94. The predicted octanol–water partition coefficient (Wildman–Crippen LogP) is 3.30. The van der Waals surface area contributed by atoms with Gasteiger partial charge >= 0.3 is 0 Å². The Bertz CT molecular complexity index is 547. The summed E-state index contributed by atoms with van der Waals surface area (Å²) in [6, 6.07) is 12.0. The molecule has 1 aromatic carbocycles. The van der Waals surface area contributed by atoms with Crippen molar-refractivity contribution in [3.05, 3.63) is 52.2 Å². The number of nitrogens with one attached hydrogen (secondary N) is 1. The molecule has 1 heterocycles. The Morgan fingerprint density at radius 1 is 1.37 bits per heavy atom. The van der Waals surface area contributed by atoms with E-state index in [-0.39, 0.29) is 5.91 Å². The number of carbonyl (C=O) groups excluding carboxylic acids is 1. The van der Waals surface area contributed by atoms with Gasteiger partial charge in [-0.2, -0.15) is 5.10 Å². The van der Waals surface area contributed by atoms with Crippen molar-refractivity contribution in [2.24, 2.45) is 5.10 Å². The van der Waals surface area contributed by atoms with Gasteiger partial charge < -0.3 is 0 Å². The Morgan fingerprint density at radius 2 is 2.16 bits per heavy atom. The van der Waals surface area contributed by atoms with Gasteiger partial charge in [0, 0.05) is 9.77 Å². The molecular weight excluding hydrogens is 276 g/mol. The molecule has 0 saturated carbocycles. The van der Waals surface area contributed by atoms with Crippen molar-refractivity contribution < 1.29 is 4.79 Å². The maximum Gasteiger partial charge on any atom is 0.250 e. The minimum Gasteiger partial charge on any atom is -0.272 e. The molecule has 1 N–H and O–H groups in total. The second kappa shape index (κ2) is 7.11. The average molecular weight is 290 g/mol. The fraction of sp³-hybridized carbons (Fsp3) is 0.143. The molecule has 98 valence electrons. The van der Waals surface area contributed by atoms with Crippen molar-refractivity contribution in [1.29, 1.82) is 0 Å². The number of amides is 1. The van der Waals surface area contributed by atoms with E-state index in [0.29, 0.717) is 5.75 Å². The number of benzene rings is 1. The zero-order chi connectivity index (χ0) is 13.5. The average Bonchev–Trinajstić information content (AvgIpc) is 2.91. The van der Waals surface area contributed by atoms with Crippen molar-refractivity contribution in [1.82, 2.24) is 5.43 Å². The molecule has 0 aliphatic carbocycles. The van der Waals surface area contributed by atoms with Crippen molar-refractivity contribution in [2.75, 3.05) is 5.75 Å². The lowest BCUT2D eigenvalue weighted by Gasteiger charge is -2.01. The third-order valence-corrected chi connectivity index (χ3v) is 4.13. The van der Waals surface area contributed by atoms with Crippen molar-refractivity contribution in [3.8, 4) is 0 Å².